The van der Waals surface area contributed by atoms with Crippen LogP contribution in [0.15, 0.2) is 0 Å². The fourth-order valence-corrected chi connectivity index (χ4v) is 3.53. The third-order valence-electron chi connectivity index (χ3n) is 3.18. The molecular weight excluding hydrogens is 244 g/mol. The molecule has 1 atom stereocenters. The molecule has 0 aromatic heterocycles. The molecule has 1 unspecified atom stereocenters. The lowest BCUT2D eigenvalue weighted by Crippen LogP contribution is -2.52. The van der Waals surface area contributed by atoms with Crippen LogP contribution in [-0.4, -0.2) is 50.1 Å². The van der Waals surface area contributed by atoms with Gasteiger partial charge in [0.2, 0.25) is 10.0 Å². The fraction of sp³-hybridized carbons (Fsp3) is 0.900. The Balaban J connectivity index is 2.15. The first-order chi connectivity index (χ1) is 8.00. The molecule has 2 saturated heterocycles. The van der Waals surface area contributed by atoms with Crippen LogP contribution >= 0.6 is 0 Å². The van der Waals surface area contributed by atoms with Gasteiger partial charge in [-0.25, -0.2) is 8.42 Å². The number of hydrogen-bond donors (Lipinski definition) is 0. The van der Waals surface area contributed by atoms with E-state index >= 15 is 0 Å². The zero-order valence-electron chi connectivity index (χ0n) is 9.76. The average molecular weight is 260 g/mol. The summed E-state index contributed by atoms with van der Waals surface area (Å²) in [6.07, 6.45) is 1.40. The second kappa shape index (κ2) is 4.53. The highest BCUT2D eigenvalue weighted by molar-refractivity contribution is 7.89. The van der Waals surface area contributed by atoms with Crippen molar-refractivity contribution in [2.24, 2.45) is 0 Å². The van der Waals surface area contributed by atoms with Crippen LogP contribution < -0.4 is 0 Å². The molecule has 0 saturated carbocycles. The maximum absolute atomic E-state index is 12.0. The normalized spacial score (nSPS) is 26.8. The van der Waals surface area contributed by atoms with Crippen LogP contribution in [0.25, 0.3) is 0 Å². The Bertz CT molecular complexity index is 422. The van der Waals surface area contributed by atoms with Crippen molar-refractivity contribution >= 4 is 10.0 Å². The highest BCUT2D eigenvalue weighted by atomic mass is 32.2. The van der Waals surface area contributed by atoms with E-state index in [1.807, 2.05) is 0 Å². The van der Waals surface area contributed by atoms with Crippen molar-refractivity contribution in [3.8, 4) is 6.07 Å². The Kier molecular flexibility index (Phi) is 3.41. The van der Waals surface area contributed by atoms with Gasteiger partial charge in [-0.15, -0.1) is 0 Å². The first-order valence-corrected chi connectivity index (χ1v) is 7.17. The van der Waals surface area contributed by atoms with Crippen LogP contribution in [0.1, 0.15) is 19.8 Å². The number of ether oxygens (including phenoxy) is 2. The summed E-state index contributed by atoms with van der Waals surface area (Å²) in [4.78, 5) is 0. The molecule has 7 heteroatoms. The number of hydrogen-bond acceptors (Lipinski definition) is 5. The quantitative estimate of drug-likeness (QED) is 0.702. The van der Waals surface area contributed by atoms with E-state index in [1.165, 1.54) is 11.2 Å². The number of nitriles is 1. The Morgan fingerprint density at radius 3 is 2.65 bits per heavy atom. The van der Waals surface area contributed by atoms with Gasteiger partial charge < -0.3 is 9.47 Å². The standard InChI is InChI=1S/C10H16N2O4S/c1-9(7-11)17(13,14)12-4-2-3-10(8-12)15-5-6-16-10/h9H,2-6,8H2,1H3. The van der Waals surface area contributed by atoms with Gasteiger partial charge in [-0.1, -0.05) is 0 Å². The maximum atomic E-state index is 12.0. The minimum absolute atomic E-state index is 0.196. The van der Waals surface area contributed by atoms with Crippen LogP contribution in [0.4, 0.5) is 0 Å². The maximum Gasteiger partial charge on any atom is 0.230 e. The third-order valence-corrected chi connectivity index (χ3v) is 5.21. The topological polar surface area (TPSA) is 79.6 Å². The van der Waals surface area contributed by atoms with Gasteiger partial charge >= 0.3 is 0 Å². The highest BCUT2D eigenvalue weighted by Gasteiger charge is 2.45. The molecule has 1 spiro atoms. The smallest absolute Gasteiger partial charge is 0.230 e. The van der Waals surface area contributed by atoms with Crippen molar-refractivity contribution in [3.05, 3.63) is 0 Å². The van der Waals surface area contributed by atoms with Gasteiger partial charge in [0, 0.05) is 13.0 Å². The molecule has 0 bridgehead atoms. The van der Waals surface area contributed by atoms with Gasteiger partial charge in [-0.3, -0.25) is 0 Å². The summed E-state index contributed by atoms with van der Waals surface area (Å²) in [6.45, 7) is 3.03. The van der Waals surface area contributed by atoms with Crippen LogP contribution in [0.3, 0.4) is 0 Å². The van der Waals surface area contributed by atoms with E-state index < -0.39 is 21.1 Å². The number of nitrogens with zero attached hydrogens (tertiary/aromatic N) is 2. The Labute approximate surface area is 101 Å². The molecule has 0 N–H and O–H groups in total. The molecule has 0 amide bonds. The van der Waals surface area contributed by atoms with Gasteiger partial charge in [0.1, 0.15) is 0 Å². The minimum atomic E-state index is -3.56. The molecule has 2 fully saturated rings. The van der Waals surface area contributed by atoms with E-state index in [1.54, 1.807) is 6.07 Å². The van der Waals surface area contributed by atoms with Crippen molar-refractivity contribution in [2.75, 3.05) is 26.3 Å². The number of rotatable bonds is 2. The van der Waals surface area contributed by atoms with Gasteiger partial charge in [-0.2, -0.15) is 9.57 Å². The van der Waals surface area contributed by atoms with Gasteiger partial charge in [-0.05, 0) is 13.3 Å². The van der Waals surface area contributed by atoms with E-state index in [2.05, 4.69) is 0 Å². The summed E-state index contributed by atoms with van der Waals surface area (Å²) < 4.78 is 36.4. The zero-order valence-corrected chi connectivity index (χ0v) is 10.6. The van der Waals surface area contributed by atoms with E-state index in [-0.39, 0.29) is 6.54 Å². The van der Waals surface area contributed by atoms with Crippen molar-refractivity contribution in [1.82, 2.24) is 4.31 Å². The van der Waals surface area contributed by atoms with E-state index in [4.69, 9.17) is 14.7 Å². The summed E-state index contributed by atoms with van der Waals surface area (Å²) in [5.74, 6) is -0.777. The van der Waals surface area contributed by atoms with E-state index in [0.29, 0.717) is 32.6 Å². The lowest BCUT2D eigenvalue weighted by atomic mass is 10.1. The predicted octanol–water partition coefficient (Wildman–Crippen LogP) is 0.0672. The molecular formula is C10H16N2O4S. The Morgan fingerprint density at radius 2 is 2.06 bits per heavy atom. The van der Waals surface area contributed by atoms with Crippen LogP contribution in [-0.2, 0) is 19.5 Å². The molecule has 2 heterocycles. The lowest BCUT2D eigenvalue weighted by molar-refractivity contribution is -0.179. The van der Waals surface area contributed by atoms with E-state index in [0.717, 1.165) is 0 Å². The molecule has 0 aromatic rings. The second-order valence-electron chi connectivity index (χ2n) is 4.36. The molecule has 2 aliphatic heterocycles. The van der Waals surface area contributed by atoms with Gasteiger partial charge in [0.25, 0.3) is 0 Å². The minimum Gasteiger partial charge on any atom is -0.346 e. The molecule has 17 heavy (non-hydrogen) atoms. The molecule has 6 nitrogen and oxygen atoms in total. The molecule has 0 aliphatic carbocycles. The summed E-state index contributed by atoms with van der Waals surface area (Å²) in [6, 6.07) is 1.77. The lowest BCUT2D eigenvalue weighted by Gasteiger charge is -2.38. The van der Waals surface area contributed by atoms with Gasteiger partial charge in [0.05, 0.1) is 25.8 Å². The number of sulfonamides is 1. The summed E-state index contributed by atoms with van der Waals surface area (Å²) in [5.41, 5.74) is 0. The van der Waals surface area contributed by atoms with Gasteiger partial charge in [0.15, 0.2) is 11.0 Å². The Morgan fingerprint density at radius 1 is 1.41 bits per heavy atom. The van der Waals surface area contributed by atoms with Crippen molar-refractivity contribution in [1.29, 1.82) is 5.26 Å². The monoisotopic (exact) mass is 260 g/mol. The molecule has 0 aromatic carbocycles. The van der Waals surface area contributed by atoms with Crippen molar-refractivity contribution in [2.45, 2.75) is 30.8 Å². The van der Waals surface area contributed by atoms with Crippen LogP contribution in [0, 0.1) is 11.3 Å². The first kappa shape index (κ1) is 12.8. The molecule has 2 aliphatic rings. The zero-order chi connectivity index (χ0) is 12.5. The first-order valence-electron chi connectivity index (χ1n) is 5.67. The molecule has 0 radical (unpaired) electrons. The fourth-order valence-electron chi connectivity index (χ4n) is 2.19. The second-order valence-corrected chi connectivity index (χ2v) is 6.61. The van der Waals surface area contributed by atoms with Crippen LogP contribution in [0.5, 0.6) is 0 Å². The largest absolute Gasteiger partial charge is 0.346 e. The average Bonchev–Trinajstić information content (AvgIpc) is 2.76. The summed E-state index contributed by atoms with van der Waals surface area (Å²) in [7, 11) is -3.56. The van der Waals surface area contributed by atoms with E-state index in [9.17, 15) is 8.42 Å². The number of piperidine rings is 1. The summed E-state index contributed by atoms with van der Waals surface area (Å²) in [5, 5.41) is 7.71. The van der Waals surface area contributed by atoms with Crippen molar-refractivity contribution in [3.63, 3.8) is 0 Å². The third kappa shape index (κ3) is 2.31. The van der Waals surface area contributed by atoms with Crippen molar-refractivity contribution < 1.29 is 17.9 Å². The molecule has 2 rings (SSSR count). The summed E-state index contributed by atoms with van der Waals surface area (Å²) >= 11 is 0. The highest BCUT2D eigenvalue weighted by Crippen LogP contribution is 2.31. The predicted molar refractivity (Wildman–Crippen MR) is 59.4 cm³/mol. The Hall–Kier alpha value is -0.680. The van der Waals surface area contributed by atoms with Crippen LogP contribution in [0.2, 0.25) is 0 Å². The molecule has 96 valence electrons. The SMILES string of the molecule is CC(C#N)S(=O)(=O)N1CCCC2(C1)OCCO2.